The molecule has 1 aromatic heterocycles. The number of aliphatic imine (C=N–C) groups is 2. The van der Waals surface area contributed by atoms with Gasteiger partial charge in [0, 0.05) is 44.1 Å². The minimum atomic E-state index is -0.714. The first-order chi connectivity index (χ1) is 22.1. The number of nitrogens with one attached hydrogen (secondary N) is 2. The number of nitrogens with zero attached hydrogens (tertiary/aromatic N) is 5. The summed E-state index contributed by atoms with van der Waals surface area (Å²) in [6, 6.07) is 13.8. The van der Waals surface area contributed by atoms with Crippen molar-refractivity contribution in [2.45, 2.75) is 31.8 Å². The molecule has 2 aliphatic rings. The molecular weight excluding hydrogens is 708 g/mol. The predicted molar refractivity (Wildman–Crippen MR) is 180 cm³/mol. The van der Waals surface area contributed by atoms with Gasteiger partial charge in [-0.2, -0.15) is 0 Å². The van der Waals surface area contributed by atoms with E-state index in [2.05, 4.69) is 53.1 Å². The van der Waals surface area contributed by atoms with E-state index in [0.29, 0.717) is 34.1 Å². The van der Waals surface area contributed by atoms with Crippen LogP contribution in [-0.2, 0) is 11.3 Å². The molecule has 13 heteroatoms. The summed E-state index contributed by atoms with van der Waals surface area (Å²) in [6.45, 7) is 0.0975. The third-order valence-corrected chi connectivity index (χ3v) is 8.84. The Morgan fingerprint density at radius 1 is 1.02 bits per heavy atom. The molecule has 1 aliphatic heterocycles. The van der Waals surface area contributed by atoms with Crippen LogP contribution in [0, 0.1) is 26.9 Å². The fourth-order valence-electron chi connectivity index (χ4n) is 5.78. The SMILES string of the molecule is CN(C)C1CCC(C(=O)NC(N)=Nc2ccc(Nc3ncc4c(n3)-c3ccc(I)cc3C(c3c(F)cccc3F)=NC4)cc2F)C1. The fourth-order valence-corrected chi connectivity index (χ4v) is 6.27. The van der Waals surface area contributed by atoms with Crippen LogP contribution < -0.4 is 16.4 Å². The van der Waals surface area contributed by atoms with Gasteiger partial charge in [0.25, 0.3) is 0 Å². The van der Waals surface area contributed by atoms with Gasteiger partial charge in [0.05, 0.1) is 23.5 Å². The van der Waals surface area contributed by atoms with Gasteiger partial charge in [-0.3, -0.25) is 15.1 Å². The smallest absolute Gasteiger partial charge is 0.229 e. The van der Waals surface area contributed by atoms with E-state index in [1.165, 1.54) is 30.3 Å². The normalized spacial score (nSPS) is 17.6. The largest absolute Gasteiger partial charge is 0.369 e. The standard InChI is InChI=1S/C33H30F3IN8O/c1-45(2)21-9-6-17(12-21)31(46)44-32(38)42-27-11-8-20(14-26(27)36)41-33-40-16-18-15-39-30(28-24(34)4-3-5-25(28)35)23-13-19(37)7-10-22(23)29(18)43-33/h3-5,7-8,10-11,13-14,16-17,21H,6,9,12,15H2,1-2H3,(H,40,41,43)(H3,38,42,44,46). The molecule has 0 radical (unpaired) electrons. The van der Waals surface area contributed by atoms with Crippen LogP contribution in [0.3, 0.4) is 0 Å². The molecule has 1 aliphatic carbocycles. The van der Waals surface area contributed by atoms with E-state index >= 15 is 4.39 Å². The minimum absolute atomic E-state index is 0.0441. The number of hydrogen-bond donors (Lipinski definition) is 3. The van der Waals surface area contributed by atoms with Crippen molar-refractivity contribution in [2.24, 2.45) is 21.6 Å². The quantitative estimate of drug-likeness (QED) is 0.126. The van der Waals surface area contributed by atoms with E-state index < -0.39 is 17.5 Å². The van der Waals surface area contributed by atoms with Gasteiger partial charge in [-0.1, -0.05) is 12.1 Å². The zero-order valence-corrected chi connectivity index (χ0v) is 27.1. The third-order valence-electron chi connectivity index (χ3n) is 8.17. The highest BCUT2D eigenvalue weighted by Gasteiger charge is 2.31. The van der Waals surface area contributed by atoms with Crippen LogP contribution >= 0.6 is 22.6 Å². The first kappa shape index (κ1) is 31.6. The Bertz CT molecular complexity index is 1880. The number of nitrogens with two attached hydrogens (primary N) is 1. The van der Waals surface area contributed by atoms with E-state index in [0.717, 1.165) is 22.8 Å². The van der Waals surface area contributed by atoms with E-state index in [4.69, 9.17) is 10.7 Å². The Balaban J connectivity index is 1.22. The van der Waals surface area contributed by atoms with Crippen LogP contribution in [0.1, 0.15) is 36.0 Å². The Morgan fingerprint density at radius 3 is 2.52 bits per heavy atom. The third kappa shape index (κ3) is 6.60. The maximum atomic E-state index is 15.1. The molecule has 1 saturated carbocycles. The molecule has 236 valence electrons. The number of benzene rings is 3. The molecule has 3 aromatic carbocycles. The van der Waals surface area contributed by atoms with Gasteiger partial charge in [-0.25, -0.2) is 28.1 Å². The number of anilines is 2. The van der Waals surface area contributed by atoms with Gasteiger partial charge in [0.1, 0.15) is 17.3 Å². The van der Waals surface area contributed by atoms with E-state index in [1.54, 1.807) is 12.3 Å². The van der Waals surface area contributed by atoms with E-state index in [1.807, 2.05) is 32.3 Å². The van der Waals surface area contributed by atoms with Crippen molar-refractivity contribution in [1.29, 1.82) is 0 Å². The highest BCUT2D eigenvalue weighted by molar-refractivity contribution is 14.1. The molecule has 9 nitrogen and oxygen atoms in total. The molecule has 2 unspecified atom stereocenters. The van der Waals surface area contributed by atoms with Crippen molar-refractivity contribution >= 4 is 57.5 Å². The Kier molecular flexibility index (Phi) is 9.04. The molecule has 4 N–H and O–H groups in total. The average Bonchev–Trinajstić information content (AvgIpc) is 3.46. The molecule has 2 atom stereocenters. The maximum Gasteiger partial charge on any atom is 0.229 e. The predicted octanol–water partition coefficient (Wildman–Crippen LogP) is 6.05. The Morgan fingerprint density at radius 2 is 1.80 bits per heavy atom. The van der Waals surface area contributed by atoms with Crippen LogP contribution in [0.15, 0.2) is 70.8 Å². The molecule has 6 rings (SSSR count). The topological polar surface area (TPSA) is 121 Å². The highest BCUT2D eigenvalue weighted by Crippen LogP contribution is 2.34. The monoisotopic (exact) mass is 738 g/mol. The van der Waals surface area contributed by atoms with Crippen molar-refractivity contribution in [3.05, 3.63) is 98.5 Å². The highest BCUT2D eigenvalue weighted by atomic mass is 127. The zero-order chi connectivity index (χ0) is 32.5. The van der Waals surface area contributed by atoms with E-state index in [-0.39, 0.29) is 47.2 Å². The Hall–Kier alpha value is -4.37. The summed E-state index contributed by atoms with van der Waals surface area (Å²) in [7, 11) is 3.98. The Labute approximate surface area is 277 Å². The number of carbonyl (C=O) groups excluding carboxylic acids is 1. The first-order valence-electron chi connectivity index (χ1n) is 14.6. The molecular formula is C33H30F3IN8O. The van der Waals surface area contributed by atoms with Crippen molar-refractivity contribution in [2.75, 3.05) is 19.4 Å². The lowest BCUT2D eigenvalue weighted by Crippen LogP contribution is -2.40. The van der Waals surface area contributed by atoms with Crippen molar-refractivity contribution in [3.8, 4) is 11.3 Å². The van der Waals surface area contributed by atoms with Crippen LogP contribution in [0.5, 0.6) is 0 Å². The van der Waals surface area contributed by atoms with E-state index in [9.17, 15) is 13.6 Å². The summed E-state index contributed by atoms with van der Waals surface area (Å²) >= 11 is 2.13. The number of amides is 1. The molecule has 1 amide bonds. The molecule has 0 bridgehead atoms. The lowest BCUT2D eigenvalue weighted by molar-refractivity contribution is -0.123. The lowest BCUT2D eigenvalue weighted by atomic mass is 9.95. The molecule has 1 fully saturated rings. The second kappa shape index (κ2) is 13.2. The first-order valence-corrected chi connectivity index (χ1v) is 15.7. The minimum Gasteiger partial charge on any atom is -0.369 e. The second-order valence-electron chi connectivity index (χ2n) is 11.4. The van der Waals surface area contributed by atoms with Gasteiger partial charge >= 0.3 is 0 Å². The number of fused-ring (bicyclic) bond motifs is 3. The van der Waals surface area contributed by atoms with Gasteiger partial charge in [0.15, 0.2) is 5.82 Å². The number of halogens is 4. The van der Waals surface area contributed by atoms with Crippen molar-refractivity contribution < 1.29 is 18.0 Å². The summed E-state index contributed by atoms with van der Waals surface area (Å²) in [4.78, 5) is 32.5. The van der Waals surface area contributed by atoms with Gasteiger partial charge in [-0.05, 0) is 98.4 Å². The molecule has 0 saturated heterocycles. The lowest BCUT2D eigenvalue weighted by Gasteiger charge is -2.18. The average molecular weight is 739 g/mol. The summed E-state index contributed by atoms with van der Waals surface area (Å²) in [5.41, 5.74) is 8.57. The second-order valence-corrected chi connectivity index (χ2v) is 12.7. The van der Waals surface area contributed by atoms with Gasteiger partial charge in [-0.15, -0.1) is 0 Å². The fraction of sp³-hybridized carbons (Fsp3) is 0.242. The molecule has 2 heterocycles. The van der Waals surface area contributed by atoms with Crippen molar-refractivity contribution in [1.82, 2.24) is 20.2 Å². The number of rotatable bonds is 6. The van der Waals surface area contributed by atoms with Gasteiger partial charge < -0.3 is 16.0 Å². The van der Waals surface area contributed by atoms with Gasteiger partial charge in [0.2, 0.25) is 17.8 Å². The maximum absolute atomic E-state index is 15.1. The molecule has 0 spiro atoms. The summed E-state index contributed by atoms with van der Waals surface area (Å²) in [5.74, 6) is -2.50. The summed E-state index contributed by atoms with van der Waals surface area (Å²) in [5, 5.41) is 5.60. The van der Waals surface area contributed by atoms with Crippen LogP contribution in [-0.4, -0.2) is 52.6 Å². The van der Waals surface area contributed by atoms with Crippen LogP contribution in [0.4, 0.5) is 30.5 Å². The number of guanidine groups is 1. The van der Waals surface area contributed by atoms with Crippen molar-refractivity contribution in [3.63, 3.8) is 0 Å². The summed E-state index contributed by atoms with van der Waals surface area (Å²) in [6.07, 6.45) is 3.99. The number of hydrogen-bond acceptors (Lipinski definition) is 7. The number of aromatic nitrogens is 2. The zero-order valence-electron chi connectivity index (χ0n) is 25.0. The van der Waals surface area contributed by atoms with Crippen LogP contribution in [0.2, 0.25) is 0 Å². The summed E-state index contributed by atoms with van der Waals surface area (Å²) < 4.78 is 45.7. The molecule has 46 heavy (non-hydrogen) atoms. The number of carbonyl (C=O) groups is 1. The molecule has 4 aromatic rings. The van der Waals surface area contributed by atoms with Crippen LogP contribution in [0.25, 0.3) is 11.3 Å².